The number of rotatable bonds is 1. The highest BCUT2D eigenvalue weighted by Gasteiger charge is 1.98. The van der Waals surface area contributed by atoms with E-state index in [2.05, 4.69) is 0 Å². The second-order valence-electron chi connectivity index (χ2n) is 3.56. The summed E-state index contributed by atoms with van der Waals surface area (Å²) in [5, 5.41) is 8.43. The van der Waals surface area contributed by atoms with E-state index < -0.39 is 5.97 Å². The van der Waals surface area contributed by atoms with Crippen LogP contribution in [-0.2, 0) is 0 Å². The molecule has 7 N–H and O–H groups in total. The van der Waals surface area contributed by atoms with Gasteiger partial charge in [0.15, 0.2) is 0 Å². The highest BCUT2D eigenvalue weighted by Crippen LogP contribution is 2.10. The van der Waals surface area contributed by atoms with Crippen LogP contribution in [0.1, 0.15) is 10.4 Å². The van der Waals surface area contributed by atoms with Gasteiger partial charge >= 0.3 is 5.97 Å². The second kappa shape index (κ2) is 6.15. The molecular weight excluding hydrogens is 230 g/mol. The van der Waals surface area contributed by atoms with E-state index in [9.17, 15) is 4.79 Å². The standard InChI is InChI=1S/C7H7NO2.C6H8N2/c8-6-3-1-5(2-4-6)7(9)10;7-5-3-1-2-4-6(5)8/h1-4H,8H2,(H,9,10);1-4H,7-8H2. The molecule has 18 heavy (non-hydrogen) atoms. The first-order chi connectivity index (χ1) is 8.50. The molecule has 0 spiro atoms. The monoisotopic (exact) mass is 245 g/mol. The van der Waals surface area contributed by atoms with E-state index in [-0.39, 0.29) is 5.56 Å². The van der Waals surface area contributed by atoms with Gasteiger partial charge in [0.25, 0.3) is 0 Å². The maximum atomic E-state index is 10.3. The molecule has 0 radical (unpaired) electrons. The lowest BCUT2D eigenvalue weighted by Crippen LogP contribution is -1.95. The second-order valence-corrected chi connectivity index (χ2v) is 3.56. The molecule has 5 nitrogen and oxygen atoms in total. The summed E-state index contributed by atoms with van der Waals surface area (Å²) in [6, 6.07) is 13.3. The molecule has 0 atom stereocenters. The van der Waals surface area contributed by atoms with Crippen molar-refractivity contribution in [1.29, 1.82) is 0 Å². The quantitative estimate of drug-likeness (QED) is 0.572. The Balaban J connectivity index is 0.000000184. The van der Waals surface area contributed by atoms with Crippen molar-refractivity contribution >= 4 is 23.0 Å². The molecular formula is C13H15N3O2. The molecule has 2 aromatic rings. The molecule has 0 aliphatic rings. The number of anilines is 3. The number of nitrogens with two attached hydrogens (primary N) is 3. The number of carboxylic acid groups (broad SMARTS) is 1. The van der Waals surface area contributed by atoms with Gasteiger partial charge in [0.05, 0.1) is 16.9 Å². The summed E-state index contributed by atoms with van der Waals surface area (Å²) >= 11 is 0. The van der Waals surface area contributed by atoms with Crippen LogP contribution in [0.3, 0.4) is 0 Å². The zero-order chi connectivity index (χ0) is 13.5. The molecule has 0 heterocycles. The zero-order valence-electron chi connectivity index (χ0n) is 9.71. The summed E-state index contributed by atoms with van der Waals surface area (Å²) < 4.78 is 0. The largest absolute Gasteiger partial charge is 0.478 e. The van der Waals surface area contributed by atoms with Crippen LogP contribution >= 0.6 is 0 Å². The summed E-state index contributed by atoms with van der Waals surface area (Å²) in [4.78, 5) is 10.3. The molecule has 0 saturated heterocycles. The fourth-order valence-corrected chi connectivity index (χ4v) is 1.14. The average Bonchev–Trinajstić information content (AvgIpc) is 2.34. The van der Waals surface area contributed by atoms with Crippen LogP contribution in [0, 0.1) is 0 Å². The topological polar surface area (TPSA) is 115 Å². The lowest BCUT2D eigenvalue weighted by Gasteiger charge is -1.94. The van der Waals surface area contributed by atoms with Crippen LogP contribution in [0.2, 0.25) is 0 Å². The van der Waals surface area contributed by atoms with Crippen LogP contribution in [0.15, 0.2) is 48.5 Å². The Kier molecular flexibility index (Phi) is 4.57. The minimum absolute atomic E-state index is 0.259. The first kappa shape index (κ1) is 13.4. The van der Waals surface area contributed by atoms with Crippen LogP contribution in [0.5, 0.6) is 0 Å². The van der Waals surface area contributed by atoms with Gasteiger partial charge in [-0.3, -0.25) is 0 Å². The molecule has 2 rings (SSSR count). The number of hydrogen-bond donors (Lipinski definition) is 4. The maximum Gasteiger partial charge on any atom is 0.335 e. The SMILES string of the molecule is Nc1ccc(C(=O)O)cc1.Nc1ccccc1N. The van der Waals surface area contributed by atoms with Crippen LogP contribution in [0.25, 0.3) is 0 Å². The van der Waals surface area contributed by atoms with Gasteiger partial charge in [-0.05, 0) is 36.4 Å². The van der Waals surface area contributed by atoms with Crippen molar-refractivity contribution in [1.82, 2.24) is 0 Å². The Morgan fingerprint density at radius 2 is 1.28 bits per heavy atom. The van der Waals surface area contributed by atoms with Gasteiger partial charge in [-0.1, -0.05) is 12.1 Å². The van der Waals surface area contributed by atoms with Gasteiger partial charge in [-0.2, -0.15) is 0 Å². The molecule has 0 amide bonds. The molecule has 2 aromatic carbocycles. The number of benzene rings is 2. The Labute approximate surface area is 105 Å². The summed E-state index contributed by atoms with van der Waals surface area (Å²) in [6.45, 7) is 0. The highest BCUT2D eigenvalue weighted by molar-refractivity contribution is 5.87. The molecule has 0 bridgehead atoms. The number of para-hydroxylation sites is 2. The van der Waals surface area contributed by atoms with E-state index >= 15 is 0 Å². The van der Waals surface area contributed by atoms with Crippen molar-refractivity contribution in [2.75, 3.05) is 17.2 Å². The third-order valence-corrected chi connectivity index (χ3v) is 2.15. The number of aromatic carboxylic acids is 1. The molecule has 0 aliphatic carbocycles. The minimum atomic E-state index is -0.931. The van der Waals surface area contributed by atoms with Gasteiger partial charge in [0, 0.05) is 5.69 Å². The van der Waals surface area contributed by atoms with E-state index in [1.165, 1.54) is 12.1 Å². The minimum Gasteiger partial charge on any atom is -0.478 e. The van der Waals surface area contributed by atoms with Crippen molar-refractivity contribution in [3.63, 3.8) is 0 Å². The summed E-state index contributed by atoms with van der Waals surface area (Å²) in [5.41, 5.74) is 18.2. The van der Waals surface area contributed by atoms with Gasteiger partial charge in [-0.15, -0.1) is 0 Å². The van der Waals surface area contributed by atoms with E-state index in [1.807, 2.05) is 12.1 Å². The summed E-state index contributed by atoms with van der Waals surface area (Å²) in [6.07, 6.45) is 0. The van der Waals surface area contributed by atoms with Crippen molar-refractivity contribution < 1.29 is 9.90 Å². The van der Waals surface area contributed by atoms with E-state index in [1.54, 1.807) is 24.3 Å². The van der Waals surface area contributed by atoms with Crippen LogP contribution in [-0.4, -0.2) is 11.1 Å². The summed E-state index contributed by atoms with van der Waals surface area (Å²) in [7, 11) is 0. The number of hydrogen-bond acceptors (Lipinski definition) is 4. The van der Waals surface area contributed by atoms with E-state index in [4.69, 9.17) is 22.3 Å². The maximum absolute atomic E-state index is 10.3. The summed E-state index contributed by atoms with van der Waals surface area (Å²) in [5.74, 6) is -0.931. The molecule has 94 valence electrons. The molecule has 0 unspecified atom stereocenters. The van der Waals surface area contributed by atoms with Crippen molar-refractivity contribution in [2.45, 2.75) is 0 Å². The van der Waals surface area contributed by atoms with E-state index in [0.29, 0.717) is 17.1 Å². The van der Waals surface area contributed by atoms with Crippen molar-refractivity contribution in [3.8, 4) is 0 Å². The molecule has 0 aromatic heterocycles. The number of nitrogen functional groups attached to an aromatic ring is 3. The van der Waals surface area contributed by atoms with Gasteiger partial charge in [0.1, 0.15) is 0 Å². The lowest BCUT2D eigenvalue weighted by atomic mass is 10.2. The lowest BCUT2D eigenvalue weighted by molar-refractivity contribution is 0.0697. The Bertz CT molecular complexity index is 503. The third-order valence-electron chi connectivity index (χ3n) is 2.15. The smallest absolute Gasteiger partial charge is 0.335 e. The average molecular weight is 245 g/mol. The van der Waals surface area contributed by atoms with E-state index in [0.717, 1.165) is 0 Å². The molecule has 5 heteroatoms. The molecule has 0 saturated carbocycles. The first-order valence-electron chi connectivity index (χ1n) is 5.19. The third kappa shape index (κ3) is 4.05. The van der Waals surface area contributed by atoms with Gasteiger partial charge in [0.2, 0.25) is 0 Å². The van der Waals surface area contributed by atoms with Crippen molar-refractivity contribution in [3.05, 3.63) is 54.1 Å². The molecule has 0 aliphatic heterocycles. The number of carbonyl (C=O) groups is 1. The van der Waals surface area contributed by atoms with Crippen molar-refractivity contribution in [2.24, 2.45) is 0 Å². The Morgan fingerprint density at radius 3 is 1.61 bits per heavy atom. The fourth-order valence-electron chi connectivity index (χ4n) is 1.14. The highest BCUT2D eigenvalue weighted by atomic mass is 16.4. The first-order valence-corrected chi connectivity index (χ1v) is 5.19. The Hall–Kier alpha value is -2.69. The predicted octanol–water partition coefficient (Wildman–Crippen LogP) is 1.82. The van der Waals surface area contributed by atoms with Crippen LogP contribution in [0.4, 0.5) is 17.1 Å². The van der Waals surface area contributed by atoms with Crippen LogP contribution < -0.4 is 17.2 Å². The normalized spacial score (nSPS) is 9.11. The fraction of sp³-hybridized carbons (Fsp3) is 0. The predicted molar refractivity (Wildman–Crippen MR) is 73.1 cm³/mol. The zero-order valence-corrected chi connectivity index (χ0v) is 9.71. The molecule has 0 fully saturated rings. The number of carboxylic acids is 1. The van der Waals surface area contributed by atoms with Gasteiger partial charge < -0.3 is 22.3 Å². The Morgan fingerprint density at radius 1 is 0.833 bits per heavy atom. The van der Waals surface area contributed by atoms with Gasteiger partial charge in [-0.25, -0.2) is 4.79 Å².